The molecule has 2 atom stereocenters. The third-order valence-corrected chi connectivity index (χ3v) is 3.47. The first-order chi connectivity index (χ1) is 10.9. The van der Waals surface area contributed by atoms with E-state index in [0.717, 1.165) is 0 Å². The van der Waals surface area contributed by atoms with Crippen LogP contribution in [-0.4, -0.2) is 24.2 Å². The van der Waals surface area contributed by atoms with Gasteiger partial charge in [0.05, 0.1) is 24.8 Å². The fraction of sp³-hybridized carbons (Fsp3) is 0.235. The molecule has 23 heavy (non-hydrogen) atoms. The summed E-state index contributed by atoms with van der Waals surface area (Å²) in [5.41, 5.74) is 0.271. The number of hydrogen-bond donors (Lipinski definition) is 2. The normalized spacial score (nSPS) is 13.3. The van der Waals surface area contributed by atoms with Crippen molar-refractivity contribution in [3.8, 4) is 5.75 Å². The standard InChI is InChI=1S/C17H17F2NO3/c1-10(16(21)11-6-8-12(18)9-7-11)20-17(22)13-4-3-5-14(23-2)15(13)19/h3-10,16,21H,1-2H3,(H,20,22). The van der Waals surface area contributed by atoms with Crippen molar-refractivity contribution in [3.05, 3.63) is 65.2 Å². The summed E-state index contributed by atoms with van der Waals surface area (Å²) in [4.78, 5) is 12.2. The predicted octanol–water partition coefficient (Wildman–Crippen LogP) is 2.83. The number of amides is 1. The zero-order valence-electron chi connectivity index (χ0n) is 12.7. The number of benzene rings is 2. The van der Waals surface area contributed by atoms with E-state index in [0.29, 0.717) is 5.56 Å². The van der Waals surface area contributed by atoms with E-state index in [1.807, 2.05) is 0 Å². The molecule has 2 aromatic rings. The molecule has 122 valence electrons. The van der Waals surface area contributed by atoms with E-state index in [-0.39, 0.29) is 11.3 Å². The number of ether oxygens (including phenoxy) is 1. The molecule has 2 unspecified atom stereocenters. The van der Waals surface area contributed by atoms with Crippen molar-refractivity contribution in [2.45, 2.75) is 19.1 Å². The van der Waals surface area contributed by atoms with Crippen LogP contribution in [0.3, 0.4) is 0 Å². The average molecular weight is 321 g/mol. The van der Waals surface area contributed by atoms with E-state index in [1.165, 1.54) is 49.6 Å². The average Bonchev–Trinajstić information content (AvgIpc) is 2.55. The van der Waals surface area contributed by atoms with Crippen molar-refractivity contribution in [2.75, 3.05) is 7.11 Å². The molecule has 2 rings (SSSR count). The monoisotopic (exact) mass is 321 g/mol. The number of halogens is 2. The third kappa shape index (κ3) is 3.84. The highest BCUT2D eigenvalue weighted by Gasteiger charge is 2.22. The van der Waals surface area contributed by atoms with Crippen LogP contribution >= 0.6 is 0 Å². The van der Waals surface area contributed by atoms with Crippen LogP contribution < -0.4 is 10.1 Å². The van der Waals surface area contributed by atoms with Crippen molar-refractivity contribution in [1.82, 2.24) is 5.32 Å². The summed E-state index contributed by atoms with van der Waals surface area (Å²) in [5, 5.41) is 12.7. The van der Waals surface area contributed by atoms with Crippen molar-refractivity contribution in [2.24, 2.45) is 0 Å². The Kier molecular flexibility index (Phi) is 5.28. The van der Waals surface area contributed by atoms with Gasteiger partial charge in [0.1, 0.15) is 5.82 Å². The van der Waals surface area contributed by atoms with Gasteiger partial charge in [-0.2, -0.15) is 0 Å². The molecule has 2 aromatic carbocycles. The molecule has 6 heteroatoms. The summed E-state index contributed by atoms with van der Waals surface area (Å²) in [6.07, 6.45) is -1.05. The number of carbonyl (C=O) groups excluding carboxylic acids is 1. The molecule has 0 fully saturated rings. The molecule has 4 nitrogen and oxygen atoms in total. The number of aliphatic hydroxyl groups excluding tert-OH is 1. The van der Waals surface area contributed by atoms with Crippen molar-refractivity contribution >= 4 is 5.91 Å². The Labute approximate surface area is 132 Å². The maximum atomic E-state index is 14.1. The number of rotatable bonds is 5. The van der Waals surface area contributed by atoms with Gasteiger partial charge in [0.15, 0.2) is 11.6 Å². The highest BCUT2D eigenvalue weighted by molar-refractivity contribution is 5.95. The molecule has 0 saturated heterocycles. The summed E-state index contributed by atoms with van der Waals surface area (Å²) in [7, 11) is 1.31. The second-order valence-corrected chi connectivity index (χ2v) is 5.08. The first kappa shape index (κ1) is 16.9. The van der Waals surface area contributed by atoms with Crippen LogP contribution in [-0.2, 0) is 0 Å². The maximum Gasteiger partial charge on any atom is 0.254 e. The molecule has 0 spiro atoms. The lowest BCUT2D eigenvalue weighted by Crippen LogP contribution is -2.37. The summed E-state index contributed by atoms with van der Waals surface area (Å²) < 4.78 is 31.8. The molecular weight excluding hydrogens is 304 g/mol. The Morgan fingerprint density at radius 2 is 1.83 bits per heavy atom. The van der Waals surface area contributed by atoms with Gasteiger partial charge in [-0.15, -0.1) is 0 Å². The van der Waals surface area contributed by atoms with Crippen molar-refractivity contribution < 1.29 is 23.4 Å². The quantitative estimate of drug-likeness (QED) is 0.890. The van der Waals surface area contributed by atoms with E-state index < -0.39 is 29.7 Å². The van der Waals surface area contributed by atoms with Crippen LogP contribution in [0.2, 0.25) is 0 Å². The lowest BCUT2D eigenvalue weighted by Gasteiger charge is -2.21. The number of aliphatic hydroxyl groups is 1. The molecule has 0 aromatic heterocycles. The Morgan fingerprint density at radius 1 is 1.17 bits per heavy atom. The molecular formula is C17H17F2NO3. The van der Waals surface area contributed by atoms with Gasteiger partial charge in [-0.3, -0.25) is 4.79 Å². The predicted molar refractivity (Wildman–Crippen MR) is 81.2 cm³/mol. The number of carbonyl (C=O) groups is 1. The molecule has 0 heterocycles. The van der Waals surface area contributed by atoms with Gasteiger partial charge in [0, 0.05) is 0 Å². The molecule has 0 saturated carbocycles. The highest BCUT2D eigenvalue weighted by atomic mass is 19.1. The van der Waals surface area contributed by atoms with Gasteiger partial charge in [-0.1, -0.05) is 18.2 Å². The SMILES string of the molecule is COc1cccc(C(=O)NC(C)C(O)c2ccc(F)cc2)c1F. The van der Waals surface area contributed by atoms with E-state index in [1.54, 1.807) is 6.92 Å². The van der Waals surface area contributed by atoms with Gasteiger partial charge in [-0.05, 0) is 36.8 Å². The van der Waals surface area contributed by atoms with Crippen molar-refractivity contribution in [1.29, 1.82) is 0 Å². The zero-order valence-corrected chi connectivity index (χ0v) is 12.7. The second-order valence-electron chi connectivity index (χ2n) is 5.08. The van der Waals surface area contributed by atoms with Crippen LogP contribution in [0, 0.1) is 11.6 Å². The Balaban J connectivity index is 2.12. The fourth-order valence-electron chi connectivity index (χ4n) is 2.16. The summed E-state index contributed by atoms with van der Waals surface area (Å²) in [6.45, 7) is 1.57. The lowest BCUT2D eigenvalue weighted by molar-refractivity contribution is 0.0847. The minimum absolute atomic E-state index is 0.0376. The smallest absolute Gasteiger partial charge is 0.254 e. The van der Waals surface area contributed by atoms with Crippen LogP contribution in [0.15, 0.2) is 42.5 Å². The van der Waals surface area contributed by atoms with Crippen LogP contribution in [0.25, 0.3) is 0 Å². The van der Waals surface area contributed by atoms with Crippen molar-refractivity contribution in [3.63, 3.8) is 0 Å². The minimum atomic E-state index is -1.05. The topological polar surface area (TPSA) is 58.6 Å². The number of nitrogens with one attached hydrogen (secondary N) is 1. The molecule has 2 N–H and O–H groups in total. The van der Waals surface area contributed by atoms with Crippen LogP contribution in [0.1, 0.15) is 28.9 Å². The Morgan fingerprint density at radius 3 is 2.43 bits per heavy atom. The minimum Gasteiger partial charge on any atom is -0.494 e. The number of hydrogen-bond acceptors (Lipinski definition) is 3. The zero-order chi connectivity index (χ0) is 17.0. The fourth-order valence-corrected chi connectivity index (χ4v) is 2.16. The Bertz CT molecular complexity index is 689. The van der Waals surface area contributed by atoms with Gasteiger partial charge in [0.25, 0.3) is 5.91 Å². The highest BCUT2D eigenvalue weighted by Crippen LogP contribution is 2.21. The summed E-state index contributed by atoms with van der Waals surface area (Å²) in [6, 6.07) is 8.82. The first-order valence-corrected chi connectivity index (χ1v) is 7.01. The summed E-state index contributed by atoms with van der Waals surface area (Å²) >= 11 is 0. The molecule has 1 amide bonds. The van der Waals surface area contributed by atoms with E-state index >= 15 is 0 Å². The van der Waals surface area contributed by atoms with Crippen LogP contribution in [0.5, 0.6) is 5.75 Å². The van der Waals surface area contributed by atoms with Crippen LogP contribution in [0.4, 0.5) is 8.78 Å². The van der Waals surface area contributed by atoms with Gasteiger partial charge in [-0.25, -0.2) is 8.78 Å². The largest absolute Gasteiger partial charge is 0.494 e. The molecule has 0 aliphatic carbocycles. The molecule has 0 radical (unpaired) electrons. The summed E-state index contributed by atoms with van der Waals surface area (Å²) in [5.74, 6) is -1.90. The van der Waals surface area contributed by atoms with Gasteiger partial charge >= 0.3 is 0 Å². The molecule has 0 aliphatic heterocycles. The molecule has 0 aliphatic rings. The Hall–Kier alpha value is -2.47. The van der Waals surface area contributed by atoms with Gasteiger partial charge < -0.3 is 15.2 Å². The van der Waals surface area contributed by atoms with Gasteiger partial charge in [0.2, 0.25) is 0 Å². The van der Waals surface area contributed by atoms with E-state index in [4.69, 9.17) is 4.74 Å². The second kappa shape index (κ2) is 7.19. The third-order valence-electron chi connectivity index (χ3n) is 3.47. The van der Waals surface area contributed by atoms with E-state index in [2.05, 4.69) is 5.32 Å². The maximum absolute atomic E-state index is 14.1. The lowest BCUT2D eigenvalue weighted by atomic mass is 10.0. The number of methoxy groups -OCH3 is 1. The molecule has 0 bridgehead atoms. The van der Waals surface area contributed by atoms with E-state index in [9.17, 15) is 18.7 Å². The first-order valence-electron chi connectivity index (χ1n) is 7.01.